The van der Waals surface area contributed by atoms with E-state index < -0.39 is 42.9 Å². The molecule has 1 aromatic heterocycles. The van der Waals surface area contributed by atoms with Crippen molar-refractivity contribution in [2.24, 2.45) is 0 Å². The Morgan fingerprint density at radius 3 is 2.59 bits per heavy atom. The Morgan fingerprint density at radius 1 is 1.11 bits per heavy atom. The van der Waals surface area contributed by atoms with Gasteiger partial charge in [0.05, 0.1) is 22.6 Å². The van der Waals surface area contributed by atoms with E-state index in [-0.39, 0.29) is 42.1 Å². The van der Waals surface area contributed by atoms with E-state index in [9.17, 15) is 26.7 Å². The maximum Gasteiger partial charge on any atom is 0.248 e. The molecular weight excluding hydrogens is 610 g/mol. The Kier molecular flexibility index (Phi) is 9.80. The summed E-state index contributed by atoms with van der Waals surface area (Å²) in [5.74, 6) is -0.116. The number of methoxy groups -OCH3 is 1. The Balaban J connectivity index is 1.13. The highest BCUT2D eigenvalue weighted by Gasteiger charge is 2.45. The molecule has 2 aliphatic heterocycles. The summed E-state index contributed by atoms with van der Waals surface area (Å²) < 4.78 is 71.4. The number of nitrogens with one attached hydrogen (secondary N) is 1. The summed E-state index contributed by atoms with van der Waals surface area (Å²) in [5, 5.41) is 14.2. The van der Waals surface area contributed by atoms with Gasteiger partial charge >= 0.3 is 0 Å². The maximum atomic E-state index is 13.6. The normalized spacial score (nSPS) is 19.8. The van der Waals surface area contributed by atoms with Gasteiger partial charge in [-0.15, -0.1) is 0 Å². The van der Waals surface area contributed by atoms with Crippen molar-refractivity contribution in [1.29, 1.82) is 0 Å². The Morgan fingerprint density at radius 2 is 1.86 bits per heavy atom. The van der Waals surface area contributed by atoms with E-state index in [4.69, 9.17) is 14.2 Å². The molecule has 0 bridgehead atoms. The molecular formula is C30H39N3O9S2. The van der Waals surface area contributed by atoms with Gasteiger partial charge in [-0.25, -0.2) is 16.8 Å². The minimum absolute atomic E-state index is 0.0347. The predicted octanol–water partition coefficient (Wildman–Crippen LogP) is 1.74. The average molecular weight is 650 g/mol. The highest BCUT2D eigenvalue weighted by Crippen LogP contribution is 2.37. The third-order valence-corrected chi connectivity index (χ3v) is 11.7. The van der Waals surface area contributed by atoms with Crippen LogP contribution >= 0.6 is 0 Å². The zero-order valence-electron chi connectivity index (χ0n) is 24.8. The second-order valence-electron chi connectivity index (χ2n) is 11.3. The zero-order chi connectivity index (χ0) is 31.5. The number of piperidine rings is 1. The molecule has 14 heteroatoms. The fourth-order valence-electron chi connectivity index (χ4n) is 5.90. The van der Waals surface area contributed by atoms with Gasteiger partial charge in [0.1, 0.15) is 23.4 Å². The first-order valence-corrected chi connectivity index (χ1v) is 17.7. The number of sulfone groups is 1. The molecule has 2 N–H and O–H groups in total. The number of aliphatic hydroxyl groups excluding tert-OH is 1. The third-order valence-electron chi connectivity index (χ3n) is 8.28. The van der Waals surface area contributed by atoms with Gasteiger partial charge in [0.15, 0.2) is 5.94 Å². The number of ether oxygens (including phenoxy) is 3. The van der Waals surface area contributed by atoms with Crippen molar-refractivity contribution < 1.29 is 36.2 Å². The molecule has 2 aromatic carbocycles. The highest BCUT2D eigenvalue weighted by molar-refractivity contribution is 7.91. The molecule has 240 valence electrons. The molecule has 2 atom stereocenters. The summed E-state index contributed by atoms with van der Waals surface area (Å²) in [6, 6.07) is 13.0. The van der Waals surface area contributed by atoms with E-state index in [2.05, 4.69) is 5.32 Å². The minimum Gasteiger partial charge on any atom is -0.491 e. The highest BCUT2D eigenvalue weighted by atomic mass is 32.2. The number of hydrogen-bond acceptors (Lipinski definition) is 10. The first-order valence-electron chi connectivity index (χ1n) is 14.6. The van der Waals surface area contributed by atoms with Crippen molar-refractivity contribution in [1.82, 2.24) is 14.2 Å². The lowest BCUT2D eigenvalue weighted by Gasteiger charge is -2.38. The van der Waals surface area contributed by atoms with Crippen LogP contribution in [0.5, 0.6) is 5.75 Å². The topological polar surface area (TPSA) is 153 Å². The van der Waals surface area contributed by atoms with Crippen LogP contribution in [0.1, 0.15) is 26.2 Å². The second kappa shape index (κ2) is 13.3. The molecule has 12 nitrogen and oxygen atoms in total. The second-order valence-corrected chi connectivity index (χ2v) is 15.1. The third kappa shape index (κ3) is 6.86. The van der Waals surface area contributed by atoms with Crippen molar-refractivity contribution in [3.8, 4) is 5.75 Å². The largest absolute Gasteiger partial charge is 0.491 e. The monoisotopic (exact) mass is 649 g/mol. The number of sulfonamides is 1. The molecule has 0 aliphatic carbocycles. The Hall–Kier alpha value is -2.85. The van der Waals surface area contributed by atoms with Gasteiger partial charge in [-0.2, -0.15) is 4.31 Å². The SMILES string of the molecule is CCn1cc(S(=O)(=O)N2CCC3(CC2)C[C@@H](NC[C@H](O)COc2cccc(S(=O)(=O)COC)c2)CO3)c(=O)c2ccccc21. The number of aliphatic hydroxyl groups is 1. The van der Waals surface area contributed by atoms with Crippen LogP contribution in [-0.4, -0.2) is 94.5 Å². The first-order chi connectivity index (χ1) is 21.0. The van der Waals surface area contributed by atoms with Crippen LogP contribution in [0.25, 0.3) is 10.9 Å². The number of benzene rings is 2. The molecule has 0 radical (unpaired) electrons. The number of nitrogens with zero attached hydrogens (tertiary/aromatic N) is 2. The fraction of sp³-hybridized carbons (Fsp3) is 0.500. The van der Waals surface area contributed by atoms with E-state index in [1.807, 2.05) is 19.1 Å². The Labute approximate surface area is 257 Å². The van der Waals surface area contributed by atoms with Gasteiger partial charge in [-0.05, 0) is 56.5 Å². The van der Waals surface area contributed by atoms with Crippen LogP contribution in [-0.2, 0) is 35.9 Å². The fourth-order valence-corrected chi connectivity index (χ4v) is 8.47. The molecule has 2 saturated heterocycles. The number of aromatic nitrogens is 1. The van der Waals surface area contributed by atoms with E-state index in [0.717, 1.165) is 0 Å². The Bertz CT molecular complexity index is 1750. The van der Waals surface area contributed by atoms with Gasteiger partial charge < -0.3 is 29.2 Å². The summed E-state index contributed by atoms with van der Waals surface area (Å²) in [6.45, 7) is 3.53. The summed E-state index contributed by atoms with van der Waals surface area (Å²) in [5.41, 5.74) is -0.265. The average Bonchev–Trinajstić information content (AvgIpc) is 3.41. The number of fused-ring (bicyclic) bond motifs is 1. The van der Waals surface area contributed by atoms with Crippen LogP contribution in [0.3, 0.4) is 0 Å². The lowest BCUT2D eigenvalue weighted by molar-refractivity contribution is -0.0312. The molecule has 0 unspecified atom stereocenters. The smallest absolute Gasteiger partial charge is 0.248 e. The van der Waals surface area contributed by atoms with Crippen LogP contribution in [0.15, 0.2) is 69.3 Å². The van der Waals surface area contributed by atoms with Crippen LogP contribution in [0, 0.1) is 0 Å². The summed E-state index contributed by atoms with van der Waals surface area (Å²) in [7, 11) is -6.28. The van der Waals surface area contributed by atoms with E-state index >= 15 is 0 Å². The molecule has 2 fully saturated rings. The number of rotatable bonds is 12. The van der Waals surface area contributed by atoms with Gasteiger partial charge in [-0.1, -0.05) is 18.2 Å². The molecule has 3 aromatic rings. The zero-order valence-corrected chi connectivity index (χ0v) is 26.5. The number of aryl methyl sites for hydroxylation is 1. The molecule has 44 heavy (non-hydrogen) atoms. The van der Waals surface area contributed by atoms with Gasteiger partial charge in [0.2, 0.25) is 25.3 Å². The van der Waals surface area contributed by atoms with Crippen molar-refractivity contribution >= 4 is 30.8 Å². The lowest BCUT2D eigenvalue weighted by Crippen LogP contribution is -2.47. The van der Waals surface area contributed by atoms with Crippen molar-refractivity contribution in [2.75, 3.05) is 45.9 Å². The molecule has 2 aliphatic rings. The number of pyridine rings is 1. The van der Waals surface area contributed by atoms with Gasteiger partial charge in [0, 0.05) is 50.9 Å². The quantitative estimate of drug-likeness (QED) is 0.297. The van der Waals surface area contributed by atoms with Crippen molar-refractivity contribution in [3.05, 3.63) is 65.0 Å². The molecule has 0 saturated carbocycles. The molecule has 1 spiro atoms. The summed E-state index contributed by atoms with van der Waals surface area (Å²) in [4.78, 5) is 13.1. The lowest BCUT2D eigenvalue weighted by atomic mass is 9.88. The standard InChI is InChI=1S/C30H39N3O9S2/c1-3-32-18-28(29(35)26-9-4-5-10-27(26)32)44(38,39)33-13-11-30(12-14-33)16-22(19-42-30)31-17-23(34)20-41-24-7-6-8-25(15-24)43(36,37)21-40-2/h4-10,15,18,22-23,31,34H,3,11-14,16-17,19-21H2,1-2H3/t22-,23+/m1/s1. The van der Waals surface area contributed by atoms with Crippen LogP contribution in [0.4, 0.5) is 0 Å². The predicted molar refractivity (Wildman–Crippen MR) is 164 cm³/mol. The maximum absolute atomic E-state index is 13.6. The first kappa shape index (κ1) is 32.5. The molecule has 5 rings (SSSR count). The summed E-state index contributed by atoms with van der Waals surface area (Å²) in [6.07, 6.45) is 2.24. The molecule has 3 heterocycles. The van der Waals surface area contributed by atoms with E-state index in [1.54, 1.807) is 28.8 Å². The minimum atomic E-state index is -4.00. The van der Waals surface area contributed by atoms with E-state index in [0.29, 0.717) is 49.1 Å². The van der Waals surface area contributed by atoms with Crippen molar-refractivity contribution in [2.45, 2.75) is 60.3 Å². The van der Waals surface area contributed by atoms with E-state index in [1.165, 1.54) is 29.7 Å². The van der Waals surface area contributed by atoms with Crippen LogP contribution in [0.2, 0.25) is 0 Å². The summed E-state index contributed by atoms with van der Waals surface area (Å²) >= 11 is 0. The van der Waals surface area contributed by atoms with Crippen LogP contribution < -0.4 is 15.5 Å². The van der Waals surface area contributed by atoms with Crippen molar-refractivity contribution in [3.63, 3.8) is 0 Å². The molecule has 0 amide bonds. The van der Waals surface area contributed by atoms with Gasteiger partial charge in [-0.3, -0.25) is 4.79 Å². The number of hydrogen-bond donors (Lipinski definition) is 2. The van der Waals surface area contributed by atoms with Gasteiger partial charge in [0.25, 0.3) is 0 Å². The number of para-hydroxylation sites is 1.